The average molecular weight is 777 g/mol. The minimum absolute atomic E-state index is 0.0259. The summed E-state index contributed by atoms with van der Waals surface area (Å²) in [7, 11) is -5.05. The minimum Gasteiger partial charge on any atom is -0.469 e. The largest absolute Gasteiger partial charge is 0.470 e. The third-order valence-corrected chi connectivity index (χ3v) is 11.8. The Morgan fingerprint density at radius 2 is 1.82 bits per heavy atom. The summed E-state index contributed by atoms with van der Waals surface area (Å²) in [4.78, 5) is 60.4. The molecule has 15 nitrogen and oxygen atoms in total. The van der Waals surface area contributed by atoms with Crippen LogP contribution in [0.3, 0.4) is 0 Å². The monoisotopic (exact) mass is 776 g/mol. The number of carbonyl (C=O) groups excluding carboxylic acids is 2. The van der Waals surface area contributed by atoms with Crippen molar-refractivity contribution in [1.29, 1.82) is 0 Å². The molecule has 4 aliphatic heterocycles. The molecule has 10 bridgehead atoms. The second kappa shape index (κ2) is 12.1. The van der Waals surface area contributed by atoms with Crippen molar-refractivity contribution in [3.63, 3.8) is 0 Å². The molecule has 0 fully saturated rings. The van der Waals surface area contributed by atoms with Gasteiger partial charge in [0.05, 0.1) is 6.20 Å². The molecule has 7 heterocycles. The first-order valence-electron chi connectivity index (χ1n) is 18.4. The molecule has 3 unspecified atom stereocenters. The maximum Gasteiger partial charge on any atom is 0.470 e. The van der Waals surface area contributed by atoms with Gasteiger partial charge in [-0.1, -0.05) is 70.2 Å². The molecule has 3 aromatic heterocycles. The highest BCUT2D eigenvalue weighted by Gasteiger charge is 2.61. The van der Waals surface area contributed by atoms with Gasteiger partial charge in [-0.25, -0.2) is 14.5 Å². The number of phosphoric ester groups is 1. The van der Waals surface area contributed by atoms with Gasteiger partial charge in [-0.2, -0.15) is 0 Å². The number of anilines is 1. The number of carbonyl (C=O) groups is 2. The number of hydrogen-bond donors (Lipinski definition) is 6. The van der Waals surface area contributed by atoms with E-state index in [9.17, 15) is 23.9 Å². The first-order chi connectivity index (χ1) is 26.8. The van der Waals surface area contributed by atoms with Gasteiger partial charge in [-0.05, 0) is 35.1 Å². The second-order valence-corrected chi connectivity index (χ2v) is 16.6. The maximum atomic E-state index is 14.3. The van der Waals surface area contributed by atoms with Crippen LogP contribution in [-0.2, 0) is 30.5 Å². The van der Waals surface area contributed by atoms with Gasteiger partial charge < -0.3 is 44.3 Å². The number of rotatable bonds is 6. The summed E-state index contributed by atoms with van der Waals surface area (Å²) in [5, 5.41) is 10.5. The molecule has 6 N–H and O–H groups in total. The number of amides is 2. The summed E-state index contributed by atoms with van der Waals surface area (Å²) < 4.78 is 37.1. The number of benzene rings is 3. The molecule has 0 radical (unpaired) electrons. The van der Waals surface area contributed by atoms with Crippen LogP contribution in [0.25, 0.3) is 44.9 Å². The average Bonchev–Trinajstić information content (AvgIpc) is 3.98. The summed E-state index contributed by atoms with van der Waals surface area (Å²) in [5.41, 5.74) is 6.04. The number of phosphoric acid groups is 1. The Morgan fingerprint density at radius 1 is 1.02 bits per heavy atom. The van der Waals surface area contributed by atoms with Crippen molar-refractivity contribution in [3.8, 4) is 39.8 Å². The number of nitrogens with one attached hydrogen (secondary N) is 4. The van der Waals surface area contributed by atoms with E-state index in [4.69, 9.17) is 28.1 Å². The number of fused-ring (bicyclic) bond motifs is 7. The third-order valence-electron chi connectivity index (χ3n) is 11.3. The molecule has 3 aromatic carbocycles. The van der Waals surface area contributed by atoms with Gasteiger partial charge in [0, 0.05) is 51.5 Å². The van der Waals surface area contributed by atoms with Gasteiger partial charge in [0.2, 0.25) is 17.7 Å². The van der Waals surface area contributed by atoms with Crippen LogP contribution in [0.5, 0.6) is 5.75 Å². The predicted octanol–water partition coefficient (Wildman–Crippen LogP) is 5.92. The number of hydrogen-bond acceptors (Lipinski definition) is 10. The number of H-pyrrole nitrogens is 1. The first kappa shape index (κ1) is 34.7. The SMILES string of the molecule is CC(C)C1NC(=O)[C@@H](NC(=O)[C@@H](OP(=O)(O)O)C(C)C)Cc2ccc3c(c2)C24c5cccc(c5NC2O3)-c2cccc3[nH]cc(c23)-c2cnc(o2)-c2nc1oc24. The van der Waals surface area contributed by atoms with Crippen LogP contribution in [0.1, 0.15) is 62.1 Å². The molecule has 0 saturated heterocycles. The number of nitrogens with zero attached hydrogens (tertiary/aromatic N) is 2. The van der Waals surface area contributed by atoms with Crippen LogP contribution in [0.15, 0.2) is 75.8 Å². The van der Waals surface area contributed by atoms with E-state index in [1.165, 1.54) is 0 Å². The Labute approximate surface area is 319 Å². The summed E-state index contributed by atoms with van der Waals surface area (Å²) >= 11 is 0. The fourth-order valence-electron chi connectivity index (χ4n) is 8.73. The quantitative estimate of drug-likeness (QED) is 0.109. The summed E-state index contributed by atoms with van der Waals surface area (Å²) in [5.74, 6) is -0.328. The number of oxazole rings is 2. The summed E-state index contributed by atoms with van der Waals surface area (Å²) in [6.07, 6.45) is 1.38. The predicted molar refractivity (Wildman–Crippen MR) is 202 cm³/mol. The van der Waals surface area contributed by atoms with Gasteiger partial charge in [-0.15, -0.1) is 0 Å². The lowest BCUT2D eigenvalue weighted by atomic mass is 9.72. The van der Waals surface area contributed by atoms with Crippen LogP contribution >= 0.6 is 7.82 Å². The standard InChI is InChI=1S/C40H37N6O9P/c1-17(2)30-38-45-32-34(54-38)40-23-9-5-8-21(20-7-6-10-25-29(20)22(15-41-25)28-16-42-37(32)52-28)31(23)46-39(40)53-27-12-11-19(13-24(27)40)14-26(35(47)44-30)43-36(48)33(18(3)4)55-56(49,50)51/h5-13,15-18,26,30,33,39,41,46H,14H2,1-4H3,(H,43,48)(H,44,47)(H2,49,50,51)/t26-,30?,33-,39?,40?/m0/s1. The molecule has 0 saturated carbocycles. The summed E-state index contributed by atoms with van der Waals surface area (Å²) in [6.45, 7) is 7.02. The van der Waals surface area contributed by atoms with Crippen molar-refractivity contribution < 1.29 is 42.0 Å². The van der Waals surface area contributed by atoms with Gasteiger partial charge >= 0.3 is 7.82 Å². The molecular formula is C40H37N6O9P. The topological polar surface area (TPSA) is 214 Å². The van der Waals surface area contributed by atoms with Crippen molar-refractivity contribution in [2.75, 3.05) is 5.32 Å². The number of aromatic nitrogens is 3. The molecule has 0 aliphatic carbocycles. The number of para-hydroxylation sites is 1. The second-order valence-electron chi connectivity index (χ2n) is 15.5. The first-order valence-corrected chi connectivity index (χ1v) is 20.0. The molecule has 6 aromatic rings. The minimum atomic E-state index is -5.05. The fraction of sp³-hybridized carbons (Fsp3) is 0.300. The van der Waals surface area contributed by atoms with Crippen LogP contribution in [0.4, 0.5) is 5.69 Å². The Bertz CT molecular complexity index is 2670. The normalized spacial score (nSPS) is 22.1. The Morgan fingerprint density at radius 3 is 2.61 bits per heavy atom. The Balaban J connectivity index is 1.22. The van der Waals surface area contributed by atoms with Crippen LogP contribution in [0.2, 0.25) is 0 Å². The van der Waals surface area contributed by atoms with Crippen molar-refractivity contribution in [3.05, 3.63) is 95.3 Å². The van der Waals surface area contributed by atoms with Gasteiger partial charge in [0.15, 0.2) is 23.4 Å². The molecule has 56 heavy (non-hydrogen) atoms. The number of aromatic amines is 1. The van der Waals surface area contributed by atoms with E-state index >= 15 is 0 Å². The Kier molecular flexibility index (Phi) is 7.53. The molecule has 2 amide bonds. The van der Waals surface area contributed by atoms with Crippen molar-refractivity contribution in [1.82, 2.24) is 25.6 Å². The molecular weight excluding hydrogens is 739 g/mol. The van der Waals surface area contributed by atoms with E-state index in [1.54, 1.807) is 20.0 Å². The van der Waals surface area contributed by atoms with E-state index in [1.807, 2.05) is 56.4 Å². The molecule has 10 rings (SSSR count). The van der Waals surface area contributed by atoms with E-state index in [-0.39, 0.29) is 24.1 Å². The highest BCUT2D eigenvalue weighted by atomic mass is 31.2. The third kappa shape index (κ3) is 5.04. The molecule has 5 atom stereocenters. The lowest BCUT2D eigenvalue weighted by Crippen LogP contribution is -2.53. The summed E-state index contributed by atoms with van der Waals surface area (Å²) in [6, 6.07) is 15.9. The molecule has 16 heteroatoms. The lowest BCUT2D eigenvalue weighted by Gasteiger charge is -2.29. The van der Waals surface area contributed by atoms with E-state index in [2.05, 4.69) is 39.1 Å². The Hall–Kier alpha value is -5.73. The molecule has 4 aliphatic rings. The van der Waals surface area contributed by atoms with Gasteiger partial charge in [-0.3, -0.25) is 14.1 Å². The van der Waals surface area contributed by atoms with E-state index < -0.39 is 55.4 Å². The smallest absolute Gasteiger partial charge is 0.469 e. The van der Waals surface area contributed by atoms with E-state index in [0.29, 0.717) is 28.5 Å². The van der Waals surface area contributed by atoms with E-state index in [0.717, 1.165) is 44.4 Å². The lowest BCUT2D eigenvalue weighted by molar-refractivity contribution is -0.135. The highest BCUT2D eigenvalue weighted by Crippen LogP contribution is 2.61. The van der Waals surface area contributed by atoms with Crippen molar-refractivity contribution >= 4 is 36.2 Å². The molecule has 286 valence electrons. The van der Waals surface area contributed by atoms with Gasteiger partial charge in [0.25, 0.3) is 5.91 Å². The van der Waals surface area contributed by atoms with Crippen molar-refractivity contribution in [2.24, 2.45) is 11.8 Å². The zero-order chi connectivity index (χ0) is 38.8. The zero-order valence-electron chi connectivity index (χ0n) is 30.6. The molecule has 1 spiro atoms. The highest BCUT2D eigenvalue weighted by molar-refractivity contribution is 7.46. The van der Waals surface area contributed by atoms with Crippen LogP contribution < -0.4 is 20.7 Å². The van der Waals surface area contributed by atoms with Gasteiger partial charge in [0.1, 0.15) is 29.4 Å². The van der Waals surface area contributed by atoms with Crippen LogP contribution in [0, 0.1) is 11.8 Å². The van der Waals surface area contributed by atoms with Crippen molar-refractivity contribution in [2.45, 2.75) is 63.9 Å². The number of ether oxygens (including phenoxy) is 1. The maximum absolute atomic E-state index is 14.3. The van der Waals surface area contributed by atoms with Crippen LogP contribution in [-0.4, -0.2) is 54.9 Å². The fourth-order valence-corrected chi connectivity index (χ4v) is 9.37. The zero-order valence-corrected chi connectivity index (χ0v) is 31.5.